The van der Waals surface area contributed by atoms with Crippen LogP contribution in [-0.2, 0) is 0 Å². The zero-order valence-electron chi connectivity index (χ0n) is 10.1. The van der Waals surface area contributed by atoms with Gasteiger partial charge in [0.15, 0.2) is 0 Å². The van der Waals surface area contributed by atoms with Gasteiger partial charge in [-0.25, -0.2) is 0 Å². The summed E-state index contributed by atoms with van der Waals surface area (Å²) >= 11 is 0. The number of benzene rings is 1. The number of allylic oxidation sites excluding steroid dienone is 1. The van der Waals surface area contributed by atoms with Crippen LogP contribution in [0.1, 0.15) is 42.7 Å². The number of nitriles is 1. The van der Waals surface area contributed by atoms with Crippen molar-refractivity contribution in [3.05, 3.63) is 47.5 Å². The molecule has 1 saturated carbocycles. The average molecular weight is 247 g/mol. The lowest BCUT2D eigenvalue weighted by Crippen LogP contribution is -2.12. The molecule has 1 aliphatic carbocycles. The van der Waals surface area contributed by atoms with Crippen molar-refractivity contribution in [3.63, 3.8) is 0 Å². The van der Waals surface area contributed by atoms with E-state index < -0.39 is 6.08 Å². The van der Waals surface area contributed by atoms with E-state index in [2.05, 4.69) is 6.07 Å². The molecule has 0 radical (unpaired) electrons. The van der Waals surface area contributed by atoms with E-state index in [-0.39, 0.29) is 5.92 Å². The predicted octanol–water partition coefficient (Wildman–Crippen LogP) is 4.61. The molecule has 0 amide bonds. The maximum absolute atomic E-state index is 12.3. The lowest BCUT2D eigenvalue weighted by Gasteiger charge is -2.27. The second-order valence-electron chi connectivity index (χ2n) is 4.81. The zero-order chi connectivity index (χ0) is 13.0. The molecule has 2 atom stereocenters. The van der Waals surface area contributed by atoms with E-state index in [0.717, 1.165) is 37.3 Å². The maximum atomic E-state index is 12.3. The summed E-state index contributed by atoms with van der Waals surface area (Å²) in [4.78, 5) is 0. The lowest BCUT2D eigenvalue weighted by molar-refractivity contribution is 0.348. The summed E-state index contributed by atoms with van der Waals surface area (Å²) in [6.45, 7) is 0. The van der Waals surface area contributed by atoms with Gasteiger partial charge in [0.1, 0.15) is 0 Å². The van der Waals surface area contributed by atoms with Crippen molar-refractivity contribution in [2.75, 3.05) is 0 Å². The molecule has 0 N–H and O–H groups in total. The van der Waals surface area contributed by atoms with Crippen LogP contribution < -0.4 is 0 Å². The van der Waals surface area contributed by atoms with Gasteiger partial charge in [-0.2, -0.15) is 14.0 Å². The summed E-state index contributed by atoms with van der Waals surface area (Å²) in [5, 5.41) is 8.74. The third-order valence-corrected chi connectivity index (χ3v) is 3.59. The van der Waals surface area contributed by atoms with Gasteiger partial charge in [-0.05, 0) is 54.9 Å². The maximum Gasteiger partial charge on any atom is 0.266 e. The SMILES string of the molecule is N#Cc1ccc([C@@H]2CCC[C@@H](C=C(F)F)C2)cc1. The molecule has 0 unspecified atom stereocenters. The molecule has 0 spiro atoms. The van der Waals surface area contributed by atoms with Crippen LogP contribution in [0.25, 0.3) is 0 Å². The van der Waals surface area contributed by atoms with Crippen LogP contribution in [0.15, 0.2) is 36.4 Å². The van der Waals surface area contributed by atoms with Crippen molar-refractivity contribution in [2.24, 2.45) is 5.92 Å². The largest absolute Gasteiger partial charge is 0.266 e. The molecule has 2 rings (SSSR count). The van der Waals surface area contributed by atoms with Crippen molar-refractivity contribution < 1.29 is 8.78 Å². The first-order chi connectivity index (χ1) is 8.69. The highest BCUT2D eigenvalue weighted by Gasteiger charge is 2.22. The Labute approximate surface area is 106 Å². The van der Waals surface area contributed by atoms with E-state index in [4.69, 9.17) is 5.26 Å². The van der Waals surface area contributed by atoms with Crippen molar-refractivity contribution in [3.8, 4) is 6.07 Å². The highest BCUT2D eigenvalue weighted by atomic mass is 19.3. The van der Waals surface area contributed by atoms with Gasteiger partial charge in [-0.15, -0.1) is 0 Å². The Balaban J connectivity index is 2.08. The van der Waals surface area contributed by atoms with Crippen LogP contribution in [-0.4, -0.2) is 0 Å². The second kappa shape index (κ2) is 5.77. The Morgan fingerprint density at radius 2 is 1.94 bits per heavy atom. The van der Waals surface area contributed by atoms with E-state index in [9.17, 15) is 8.78 Å². The van der Waals surface area contributed by atoms with Gasteiger partial charge in [0, 0.05) is 0 Å². The summed E-state index contributed by atoms with van der Waals surface area (Å²) in [5.74, 6) is 0.330. The number of hydrogen-bond donors (Lipinski definition) is 0. The first kappa shape index (κ1) is 12.8. The molecule has 0 aliphatic heterocycles. The molecule has 0 aromatic heterocycles. The van der Waals surface area contributed by atoms with E-state index >= 15 is 0 Å². The topological polar surface area (TPSA) is 23.8 Å². The standard InChI is InChI=1S/C15H15F2N/c16-15(17)9-12-2-1-3-14(8-12)13-6-4-11(10-18)5-7-13/h4-7,9,12,14H,1-3,8H2/t12-,14-/m1/s1. The van der Waals surface area contributed by atoms with Crippen LogP contribution >= 0.6 is 0 Å². The minimum absolute atomic E-state index is 0.00982. The third-order valence-electron chi connectivity index (χ3n) is 3.59. The fourth-order valence-electron chi connectivity index (χ4n) is 2.69. The molecule has 18 heavy (non-hydrogen) atoms. The Hall–Kier alpha value is -1.69. The highest BCUT2D eigenvalue weighted by Crippen LogP contribution is 2.37. The highest BCUT2D eigenvalue weighted by molar-refractivity contribution is 5.33. The van der Waals surface area contributed by atoms with E-state index in [1.54, 1.807) is 12.1 Å². The smallest absolute Gasteiger partial charge is 0.192 e. The summed E-state index contributed by atoms with van der Waals surface area (Å²) < 4.78 is 24.5. The van der Waals surface area contributed by atoms with Gasteiger partial charge < -0.3 is 0 Å². The van der Waals surface area contributed by atoms with Crippen LogP contribution in [0, 0.1) is 17.2 Å². The van der Waals surface area contributed by atoms with Gasteiger partial charge in [-0.1, -0.05) is 18.6 Å². The van der Waals surface area contributed by atoms with Gasteiger partial charge in [0.05, 0.1) is 11.6 Å². The van der Waals surface area contributed by atoms with Gasteiger partial charge in [0.25, 0.3) is 6.08 Å². The molecule has 1 aromatic carbocycles. The lowest BCUT2D eigenvalue weighted by atomic mass is 9.78. The molecule has 1 aromatic rings. The summed E-state index contributed by atoms with van der Waals surface area (Å²) in [5.41, 5.74) is 1.80. The summed E-state index contributed by atoms with van der Waals surface area (Å²) in [7, 11) is 0. The van der Waals surface area contributed by atoms with Crippen molar-refractivity contribution in [1.29, 1.82) is 5.26 Å². The van der Waals surface area contributed by atoms with Gasteiger partial charge in [0.2, 0.25) is 0 Å². The monoisotopic (exact) mass is 247 g/mol. The van der Waals surface area contributed by atoms with Crippen molar-refractivity contribution in [1.82, 2.24) is 0 Å². The third kappa shape index (κ3) is 3.16. The van der Waals surface area contributed by atoms with Crippen LogP contribution in [0.2, 0.25) is 0 Å². The first-order valence-corrected chi connectivity index (χ1v) is 6.22. The Kier molecular flexibility index (Phi) is 4.09. The van der Waals surface area contributed by atoms with E-state index in [1.807, 2.05) is 12.1 Å². The molecular formula is C15H15F2N. The molecule has 1 fully saturated rings. The molecular weight excluding hydrogens is 232 g/mol. The van der Waals surface area contributed by atoms with Crippen molar-refractivity contribution >= 4 is 0 Å². The normalized spacial score (nSPS) is 23.2. The fourth-order valence-corrected chi connectivity index (χ4v) is 2.69. The summed E-state index contributed by atoms with van der Waals surface area (Å²) in [6.07, 6.45) is 3.19. The van der Waals surface area contributed by atoms with Crippen LogP contribution in [0.3, 0.4) is 0 Å². The average Bonchev–Trinajstić information content (AvgIpc) is 2.38. The molecule has 1 aliphatic rings. The number of halogens is 2. The number of rotatable bonds is 2. The summed E-state index contributed by atoms with van der Waals surface area (Å²) in [6, 6.07) is 9.57. The number of hydrogen-bond acceptors (Lipinski definition) is 1. The second-order valence-corrected chi connectivity index (χ2v) is 4.81. The predicted molar refractivity (Wildman–Crippen MR) is 66.2 cm³/mol. The Morgan fingerprint density at radius 1 is 1.22 bits per heavy atom. The number of nitrogens with zero attached hydrogens (tertiary/aromatic N) is 1. The van der Waals surface area contributed by atoms with E-state index in [0.29, 0.717) is 11.5 Å². The Bertz CT molecular complexity index is 466. The first-order valence-electron chi connectivity index (χ1n) is 6.22. The molecule has 0 bridgehead atoms. The van der Waals surface area contributed by atoms with Crippen molar-refractivity contribution in [2.45, 2.75) is 31.6 Å². The minimum Gasteiger partial charge on any atom is -0.192 e. The zero-order valence-corrected chi connectivity index (χ0v) is 10.1. The van der Waals surface area contributed by atoms with Gasteiger partial charge in [-0.3, -0.25) is 0 Å². The molecule has 0 saturated heterocycles. The van der Waals surface area contributed by atoms with Crippen LogP contribution in [0.5, 0.6) is 0 Å². The fraction of sp³-hybridized carbons (Fsp3) is 0.400. The molecule has 94 valence electrons. The minimum atomic E-state index is -1.57. The molecule has 0 heterocycles. The van der Waals surface area contributed by atoms with Gasteiger partial charge >= 0.3 is 0 Å². The van der Waals surface area contributed by atoms with E-state index in [1.165, 1.54) is 0 Å². The Morgan fingerprint density at radius 3 is 2.56 bits per heavy atom. The quantitative estimate of drug-likeness (QED) is 0.748. The molecule has 3 heteroatoms. The molecule has 1 nitrogen and oxygen atoms in total. The van der Waals surface area contributed by atoms with Crippen LogP contribution in [0.4, 0.5) is 8.78 Å².